The van der Waals surface area contributed by atoms with Gasteiger partial charge in [-0.15, -0.1) is 0 Å². The standard InChI is InChI=1S/C30H26N4O2/c1-4-21-9-15-24(16-10-21)34-19(2)27(18-31-34)29-17-26(25-7-5-6-8-28(25)33-29)30(36)32-23-13-11-22(12-14-23)20(3)35/h5-18H,4H2,1-3H3,(H,32,36). The number of rotatable bonds is 6. The van der Waals surface area contributed by atoms with Crippen LogP contribution in [-0.4, -0.2) is 26.5 Å². The largest absolute Gasteiger partial charge is 0.322 e. The summed E-state index contributed by atoms with van der Waals surface area (Å²) in [5, 5.41) is 8.33. The van der Waals surface area contributed by atoms with Crippen LogP contribution in [0.3, 0.4) is 0 Å². The van der Waals surface area contributed by atoms with Gasteiger partial charge < -0.3 is 5.32 Å². The predicted octanol–water partition coefficient (Wildman–Crippen LogP) is 6.41. The minimum atomic E-state index is -0.245. The van der Waals surface area contributed by atoms with Crippen molar-refractivity contribution in [1.82, 2.24) is 14.8 Å². The zero-order valence-electron chi connectivity index (χ0n) is 20.4. The van der Waals surface area contributed by atoms with E-state index in [1.807, 2.05) is 41.9 Å². The molecular formula is C30H26N4O2. The number of aryl methyl sites for hydroxylation is 1. The molecule has 1 amide bonds. The first-order chi connectivity index (χ1) is 17.4. The molecule has 6 nitrogen and oxygen atoms in total. The number of carbonyl (C=O) groups excluding carboxylic acids is 2. The maximum absolute atomic E-state index is 13.4. The highest BCUT2D eigenvalue weighted by molar-refractivity contribution is 6.13. The van der Waals surface area contributed by atoms with Crippen LogP contribution in [0.2, 0.25) is 0 Å². The molecule has 0 radical (unpaired) electrons. The topological polar surface area (TPSA) is 76.9 Å². The molecule has 178 valence electrons. The maximum Gasteiger partial charge on any atom is 0.256 e. The molecule has 0 aliphatic carbocycles. The number of ketones is 1. The average Bonchev–Trinajstić information content (AvgIpc) is 3.29. The predicted molar refractivity (Wildman–Crippen MR) is 143 cm³/mol. The van der Waals surface area contributed by atoms with Crippen molar-refractivity contribution in [1.29, 1.82) is 0 Å². The Morgan fingerprint density at radius 3 is 2.36 bits per heavy atom. The molecule has 0 fully saturated rings. The Kier molecular flexibility index (Phi) is 6.17. The Hall–Kier alpha value is -4.58. The Bertz CT molecular complexity index is 1580. The third kappa shape index (κ3) is 4.41. The van der Waals surface area contributed by atoms with E-state index in [1.165, 1.54) is 12.5 Å². The summed E-state index contributed by atoms with van der Waals surface area (Å²) in [6.07, 6.45) is 2.78. The van der Waals surface area contributed by atoms with E-state index in [-0.39, 0.29) is 11.7 Å². The van der Waals surface area contributed by atoms with Crippen molar-refractivity contribution in [2.75, 3.05) is 5.32 Å². The number of fused-ring (bicyclic) bond motifs is 1. The van der Waals surface area contributed by atoms with Gasteiger partial charge in [-0.1, -0.05) is 37.3 Å². The van der Waals surface area contributed by atoms with Gasteiger partial charge in [0.2, 0.25) is 0 Å². The van der Waals surface area contributed by atoms with Crippen molar-refractivity contribution in [3.05, 3.63) is 107 Å². The van der Waals surface area contributed by atoms with Crippen LogP contribution < -0.4 is 5.32 Å². The number of hydrogen-bond acceptors (Lipinski definition) is 4. The van der Waals surface area contributed by atoms with Gasteiger partial charge in [0.05, 0.1) is 34.4 Å². The highest BCUT2D eigenvalue weighted by Crippen LogP contribution is 2.29. The van der Waals surface area contributed by atoms with Gasteiger partial charge in [0.25, 0.3) is 5.91 Å². The summed E-state index contributed by atoms with van der Waals surface area (Å²) in [6.45, 7) is 5.65. The average molecular weight is 475 g/mol. The van der Waals surface area contributed by atoms with Crippen LogP contribution >= 0.6 is 0 Å². The fraction of sp³-hybridized carbons (Fsp3) is 0.133. The number of nitrogens with one attached hydrogen (secondary N) is 1. The summed E-state index contributed by atoms with van der Waals surface area (Å²) < 4.78 is 1.89. The highest BCUT2D eigenvalue weighted by atomic mass is 16.1. The normalized spacial score (nSPS) is 11.0. The van der Waals surface area contributed by atoms with Gasteiger partial charge in [-0.25, -0.2) is 9.67 Å². The number of benzene rings is 3. The van der Waals surface area contributed by atoms with Crippen LogP contribution in [0.25, 0.3) is 27.8 Å². The summed E-state index contributed by atoms with van der Waals surface area (Å²) in [5.41, 5.74) is 7.19. The first-order valence-corrected chi connectivity index (χ1v) is 11.9. The van der Waals surface area contributed by atoms with Crippen molar-refractivity contribution in [3.8, 4) is 16.9 Å². The van der Waals surface area contributed by atoms with E-state index in [1.54, 1.807) is 30.5 Å². The molecule has 6 heteroatoms. The lowest BCUT2D eigenvalue weighted by Crippen LogP contribution is -2.13. The zero-order valence-corrected chi connectivity index (χ0v) is 20.4. The Morgan fingerprint density at radius 1 is 0.944 bits per heavy atom. The molecule has 0 aliphatic heterocycles. The van der Waals surface area contributed by atoms with Gasteiger partial charge in [-0.2, -0.15) is 5.10 Å². The van der Waals surface area contributed by atoms with E-state index < -0.39 is 0 Å². The third-order valence-corrected chi connectivity index (χ3v) is 6.39. The molecule has 1 N–H and O–H groups in total. The minimum absolute atomic E-state index is 0.0186. The van der Waals surface area contributed by atoms with Gasteiger partial charge in [-0.3, -0.25) is 9.59 Å². The number of hydrogen-bond donors (Lipinski definition) is 1. The molecule has 36 heavy (non-hydrogen) atoms. The zero-order chi connectivity index (χ0) is 25.2. The van der Waals surface area contributed by atoms with Crippen LogP contribution in [0.15, 0.2) is 85.1 Å². The Labute approximate surface area is 209 Å². The maximum atomic E-state index is 13.4. The van der Waals surface area contributed by atoms with E-state index in [0.717, 1.165) is 34.3 Å². The molecule has 5 rings (SSSR count). The van der Waals surface area contributed by atoms with Gasteiger partial charge in [0.1, 0.15) is 0 Å². The Balaban J connectivity index is 1.53. The number of amides is 1. The van der Waals surface area contributed by atoms with Crippen LogP contribution in [0.4, 0.5) is 5.69 Å². The third-order valence-electron chi connectivity index (χ3n) is 6.39. The van der Waals surface area contributed by atoms with Crippen LogP contribution in [0.1, 0.15) is 45.8 Å². The quantitative estimate of drug-likeness (QED) is 0.288. The SMILES string of the molecule is CCc1ccc(-n2ncc(-c3cc(C(=O)Nc4ccc(C(C)=O)cc4)c4ccccc4n3)c2C)cc1. The van der Waals surface area contributed by atoms with Crippen LogP contribution in [-0.2, 0) is 6.42 Å². The lowest BCUT2D eigenvalue weighted by atomic mass is 10.0. The van der Waals surface area contributed by atoms with Crippen molar-refractivity contribution < 1.29 is 9.59 Å². The summed E-state index contributed by atoms with van der Waals surface area (Å²) >= 11 is 0. The summed E-state index contributed by atoms with van der Waals surface area (Å²) in [6, 6.07) is 24.6. The first-order valence-electron chi connectivity index (χ1n) is 11.9. The van der Waals surface area contributed by atoms with E-state index in [9.17, 15) is 9.59 Å². The van der Waals surface area contributed by atoms with Crippen LogP contribution in [0.5, 0.6) is 0 Å². The smallest absolute Gasteiger partial charge is 0.256 e. The fourth-order valence-corrected chi connectivity index (χ4v) is 4.28. The molecule has 0 atom stereocenters. The summed E-state index contributed by atoms with van der Waals surface area (Å²) in [4.78, 5) is 29.8. The number of pyridine rings is 1. The molecule has 0 saturated heterocycles. The molecule has 0 spiro atoms. The lowest BCUT2D eigenvalue weighted by Gasteiger charge is -2.11. The van der Waals surface area contributed by atoms with E-state index >= 15 is 0 Å². The number of nitrogens with zero attached hydrogens (tertiary/aromatic N) is 3. The van der Waals surface area contributed by atoms with Crippen molar-refractivity contribution in [2.24, 2.45) is 0 Å². The van der Waals surface area contributed by atoms with E-state index in [0.29, 0.717) is 22.5 Å². The van der Waals surface area contributed by atoms with E-state index in [4.69, 9.17) is 4.98 Å². The molecule has 3 aromatic carbocycles. The first kappa shape index (κ1) is 23.2. The van der Waals surface area contributed by atoms with Crippen molar-refractivity contribution >= 4 is 28.3 Å². The molecule has 5 aromatic rings. The second-order valence-corrected chi connectivity index (χ2v) is 8.74. The van der Waals surface area contributed by atoms with Gasteiger partial charge >= 0.3 is 0 Å². The lowest BCUT2D eigenvalue weighted by molar-refractivity contribution is 0.101. The molecular weight excluding hydrogens is 448 g/mol. The second-order valence-electron chi connectivity index (χ2n) is 8.74. The number of Topliss-reactive ketones (excluding diaryl/α,β-unsaturated/α-hetero) is 1. The molecule has 0 bridgehead atoms. The van der Waals surface area contributed by atoms with E-state index in [2.05, 4.69) is 41.6 Å². The van der Waals surface area contributed by atoms with Crippen molar-refractivity contribution in [3.63, 3.8) is 0 Å². The fourth-order valence-electron chi connectivity index (χ4n) is 4.28. The van der Waals surface area contributed by atoms with Crippen molar-refractivity contribution in [2.45, 2.75) is 27.2 Å². The molecule has 0 unspecified atom stereocenters. The molecule has 0 aliphatic rings. The van der Waals surface area contributed by atoms with Gasteiger partial charge in [0.15, 0.2) is 5.78 Å². The highest BCUT2D eigenvalue weighted by Gasteiger charge is 2.17. The molecule has 0 saturated carbocycles. The number of para-hydroxylation sites is 1. The number of aromatic nitrogens is 3. The number of carbonyl (C=O) groups is 2. The monoisotopic (exact) mass is 474 g/mol. The summed E-state index contributed by atoms with van der Waals surface area (Å²) in [5.74, 6) is -0.263. The minimum Gasteiger partial charge on any atom is -0.322 e. The Morgan fingerprint density at radius 2 is 1.67 bits per heavy atom. The van der Waals surface area contributed by atoms with Crippen LogP contribution in [0, 0.1) is 6.92 Å². The number of anilines is 1. The van der Waals surface area contributed by atoms with Gasteiger partial charge in [-0.05, 0) is 74.4 Å². The molecule has 2 heterocycles. The summed E-state index contributed by atoms with van der Waals surface area (Å²) in [7, 11) is 0. The second kappa shape index (κ2) is 9.58. The van der Waals surface area contributed by atoms with Gasteiger partial charge in [0, 0.05) is 22.2 Å². The molecule has 2 aromatic heterocycles.